The smallest absolute Gasteiger partial charge is 0.387 e. The van der Waals surface area contributed by atoms with E-state index in [1.807, 2.05) is 0 Å². The predicted octanol–water partition coefficient (Wildman–Crippen LogP) is 4.36. The lowest BCUT2D eigenvalue weighted by atomic mass is 10.1. The van der Waals surface area contributed by atoms with Gasteiger partial charge in [0, 0.05) is 11.6 Å². The van der Waals surface area contributed by atoms with Gasteiger partial charge in [-0.1, -0.05) is 54.1 Å². The number of alkyl halides is 2. The second-order valence-corrected chi connectivity index (χ2v) is 9.07. The summed E-state index contributed by atoms with van der Waals surface area (Å²) in [5.41, 5.74) is 6.31. The number of sulfonamides is 1. The molecule has 3 aromatic carbocycles. The molecule has 0 heterocycles. The molecule has 0 saturated carbocycles. The van der Waals surface area contributed by atoms with Crippen LogP contribution in [-0.2, 0) is 21.4 Å². The lowest BCUT2D eigenvalue weighted by molar-refractivity contribution is -0.122. The van der Waals surface area contributed by atoms with E-state index in [0.717, 1.165) is 4.31 Å². The number of nitrogens with two attached hydrogens (primary N) is 1. The van der Waals surface area contributed by atoms with Crippen molar-refractivity contribution in [3.8, 4) is 5.75 Å². The molecule has 0 aliphatic carbocycles. The third-order valence-corrected chi connectivity index (χ3v) is 6.63. The molecule has 0 radical (unpaired) electrons. The van der Waals surface area contributed by atoms with Gasteiger partial charge in [-0.05, 0) is 47.5 Å². The number of ether oxygens (including phenoxy) is 1. The van der Waals surface area contributed by atoms with Crippen molar-refractivity contribution in [1.82, 2.24) is 4.31 Å². The number of hydrogen-bond acceptors (Lipinski definition) is 4. The van der Waals surface area contributed by atoms with Crippen LogP contribution in [-0.4, -0.2) is 25.2 Å². The number of carbonyl (C=O) groups excluding carboxylic acids is 1. The molecule has 0 aliphatic heterocycles. The molecule has 1 amide bonds. The number of nitrogens with zero attached hydrogens (tertiary/aromatic N) is 1. The van der Waals surface area contributed by atoms with Crippen molar-refractivity contribution in [2.75, 3.05) is 0 Å². The van der Waals surface area contributed by atoms with Crippen molar-refractivity contribution in [2.45, 2.75) is 24.1 Å². The van der Waals surface area contributed by atoms with Crippen LogP contribution in [0.5, 0.6) is 5.75 Å². The van der Waals surface area contributed by atoms with E-state index in [2.05, 4.69) is 4.74 Å². The minimum Gasteiger partial charge on any atom is -0.435 e. The van der Waals surface area contributed by atoms with Gasteiger partial charge in [-0.15, -0.1) is 0 Å². The summed E-state index contributed by atoms with van der Waals surface area (Å²) in [5.74, 6) is -1.04. The van der Waals surface area contributed by atoms with Crippen LogP contribution in [0.15, 0.2) is 83.8 Å². The maximum Gasteiger partial charge on any atom is 0.387 e. The molecule has 1 unspecified atom stereocenters. The molecular formula is C22H19ClF2N2O4S. The minimum absolute atomic E-state index is 0.107. The average molecular weight is 481 g/mol. The zero-order valence-corrected chi connectivity index (χ0v) is 18.1. The van der Waals surface area contributed by atoms with Gasteiger partial charge >= 0.3 is 6.61 Å². The van der Waals surface area contributed by atoms with Gasteiger partial charge in [0.2, 0.25) is 15.9 Å². The molecule has 0 spiro atoms. The first-order valence-electron chi connectivity index (χ1n) is 9.34. The summed E-state index contributed by atoms with van der Waals surface area (Å²) in [7, 11) is -4.26. The second kappa shape index (κ2) is 10.1. The van der Waals surface area contributed by atoms with E-state index in [9.17, 15) is 22.0 Å². The molecule has 10 heteroatoms. The first kappa shape index (κ1) is 23.6. The Bertz CT molecular complexity index is 1180. The Morgan fingerprint density at radius 1 is 1.00 bits per heavy atom. The minimum atomic E-state index is -4.26. The number of amides is 1. The quantitative estimate of drug-likeness (QED) is 0.492. The number of primary amides is 1. The summed E-state index contributed by atoms with van der Waals surface area (Å²) in [6.07, 6.45) is 0. The zero-order chi connectivity index (χ0) is 23.3. The molecule has 0 saturated heterocycles. The van der Waals surface area contributed by atoms with Crippen molar-refractivity contribution >= 4 is 27.5 Å². The monoisotopic (exact) mass is 480 g/mol. The highest BCUT2D eigenvalue weighted by atomic mass is 35.5. The number of rotatable bonds is 9. The molecule has 32 heavy (non-hydrogen) atoms. The zero-order valence-electron chi connectivity index (χ0n) is 16.6. The lowest BCUT2D eigenvalue weighted by Gasteiger charge is -2.29. The first-order chi connectivity index (χ1) is 15.2. The third kappa shape index (κ3) is 5.61. The summed E-state index contributed by atoms with van der Waals surface area (Å²) in [4.78, 5) is 12.3. The summed E-state index contributed by atoms with van der Waals surface area (Å²) in [5, 5.41) is 0.335. The van der Waals surface area contributed by atoms with Crippen LogP contribution < -0.4 is 10.5 Å². The van der Waals surface area contributed by atoms with Gasteiger partial charge in [-0.25, -0.2) is 8.42 Å². The highest BCUT2D eigenvalue weighted by molar-refractivity contribution is 7.89. The Labute approximate surface area is 189 Å². The molecule has 0 bridgehead atoms. The van der Waals surface area contributed by atoms with Gasteiger partial charge in [0.15, 0.2) is 0 Å². The average Bonchev–Trinajstić information content (AvgIpc) is 2.74. The standard InChI is InChI=1S/C22H19ClF2N2O4S/c23-17-9-11-19(12-10-17)32(29,30)27(20(21(26)28)16-6-2-1-3-7-16)14-15-5-4-8-18(13-15)31-22(24)25/h1-13,20,22H,14H2,(H2,26,28). The molecule has 2 N–H and O–H groups in total. The van der Waals surface area contributed by atoms with E-state index in [1.54, 1.807) is 30.3 Å². The molecule has 6 nitrogen and oxygen atoms in total. The van der Waals surface area contributed by atoms with Gasteiger partial charge in [0.05, 0.1) is 4.90 Å². The van der Waals surface area contributed by atoms with E-state index in [1.165, 1.54) is 48.5 Å². The largest absolute Gasteiger partial charge is 0.435 e. The van der Waals surface area contributed by atoms with E-state index < -0.39 is 28.6 Å². The van der Waals surface area contributed by atoms with Crippen LogP contribution in [0.3, 0.4) is 0 Å². The van der Waals surface area contributed by atoms with Crippen LogP contribution in [0.1, 0.15) is 17.2 Å². The molecule has 0 aromatic heterocycles. The van der Waals surface area contributed by atoms with Crippen molar-refractivity contribution in [3.05, 3.63) is 95.0 Å². The topological polar surface area (TPSA) is 89.7 Å². The van der Waals surface area contributed by atoms with E-state index in [-0.39, 0.29) is 17.2 Å². The second-order valence-electron chi connectivity index (χ2n) is 6.75. The van der Waals surface area contributed by atoms with E-state index in [4.69, 9.17) is 17.3 Å². The van der Waals surface area contributed by atoms with Crippen LogP contribution in [0.4, 0.5) is 8.78 Å². The summed E-state index contributed by atoms with van der Waals surface area (Å²) in [6, 6.07) is 17.8. The van der Waals surface area contributed by atoms with Gasteiger partial charge in [0.25, 0.3) is 0 Å². The van der Waals surface area contributed by atoms with Crippen molar-refractivity contribution in [3.63, 3.8) is 0 Å². The number of halogens is 3. The predicted molar refractivity (Wildman–Crippen MR) is 116 cm³/mol. The van der Waals surface area contributed by atoms with Gasteiger partial charge in [0.1, 0.15) is 11.8 Å². The lowest BCUT2D eigenvalue weighted by Crippen LogP contribution is -2.41. The molecule has 0 fully saturated rings. The Kier molecular flexibility index (Phi) is 7.44. The Morgan fingerprint density at radius 3 is 2.25 bits per heavy atom. The number of benzene rings is 3. The number of hydrogen-bond donors (Lipinski definition) is 1. The summed E-state index contributed by atoms with van der Waals surface area (Å²) in [6.45, 7) is -3.37. The molecule has 0 aliphatic rings. The molecule has 1 atom stereocenters. The highest BCUT2D eigenvalue weighted by Crippen LogP contribution is 2.31. The van der Waals surface area contributed by atoms with Crippen LogP contribution in [0, 0.1) is 0 Å². The molecule has 3 rings (SSSR count). The van der Waals surface area contributed by atoms with E-state index in [0.29, 0.717) is 16.1 Å². The van der Waals surface area contributed by atoms with Gasteiger partial charge in [-0.3, -0.25) is 4.79 Å². The highest BCUT2D eigenvalue weighted by Gasteiger charge is 2.36. The van der Waals surface area contributed by atoms with Crippen LogP contribution >= 0.6 is 11.6 Å². The third-order valence-electron chi connectivity index (χ3n) is 4.56. The normalized spacial score (nSPS) is 12.7. The number of carbonyl (C=O) groups is 1. The molecular weight excluding hydrogens is 462 g/mol. The maximum absolute atomic E-state index is 13.6. The Balaban J connectivity index is 2.11. The van der Waals surface area contributed by atoms with Crippen molar-refractivity contribution < 1.29 is 26.7 Å². The fourth-order valence-electron chi connectivity index (χ4n) is 3.16. The first-order valence-corrected chi connectivity index (χ1v) is 11.2. The maximum atomic E-state index is 13.6. The fraction of sp³-hybridized carbons (Fsp3) is 0.136. The van der Waals surface area contributed by atoms with Gasteiger partial charge < -0.3 is 10.5 Å². The Hall–Kier alpha value is -3.01. The molecule has 168 valence electrons. The molecule has 3 aromatic rings. The van der Waals surface area contributed by atoms with Crippen LogP contribution in [0.2, 0.25) is 5.02 Å². The summed E-state index contributed by atoms with van der Waals surface area (Å²) >= 11 is 5.88. The SMILES string of the molecule is NC(=O)C(c1ccccc1)N(Cc1cccc(OC(F)F)c1)S(=O)(=O)c1ccc(Cl)cc1. The fourth-order valence-corrected chi connectivity index (χ4v) is 4.86. The summed E-state index contributed by atoms with van der Waals surface area (Å²) < 4.78 is 57.7. The Morgan fingerprint density at radius 2 is 1.66 bits per heavy atom. The van der Waals surface area contributed by atoms with Crippen LogP contribution in [0.25, 0.3) is 0 Å². The van der Waals surface area contributed by atoms with Crippen molar-refractivity contribution in [2.24, 2.45) is 5.73 Å². The van der Waals surface area contributed by atoms with Gasteiger partial charge in [-0.2, -0.15) is 13.1 Å². The van der Waals surface area contributed by atoms with Crippen molar-refractivity contribution in [1.29, 1.82) is 0 Å². The van der Waals surface area contributed by atoms with E-state index >= 15 is 0 Å².